The zero-order chi connectivity index (χ0) is 29.5. The normalized spacial score (nSPS) is 36.4. The Morgan fingerprint density at radius 2 is 1.70 bits per heavy atom. The van der Waals surface area contributed by atoms with Crippen molar-refractivity contribution < 1.29 is 23.9 Å². The van der Waals surface area contributed by atoms with Crippen LogP contribution in [0.1, 0.15) is 93.5 Å². The number of fused-ring (bicyclic) bond motifs is 1. The molecule has 7 fully saturated rings. The first kappa shape index (κ1) is 27.6. The number of hydrogen-bond donors (Lipinski definition) is 1. The van der Waals surface area contributed by atoms with E-state index in [0.717, 1.165) is 101 Å². The van der Waals surface area contributed by atoms with Crippen LogP contribution in [0.2, 0.25) is 0 Å². The number of ether oxygens (including phenoxy) is 1. The van der Waals surface area contributed by atoms with Gasteiger partial charge in [0.2, 0.25) is 17.7 Å². The van der Waals surface area contributed by atoms with Crippen molar-refractivity contribution in [3.05, 3.63) is 29.3 Å². The smallest absolute Gasteiger partial charge is 0.255 e. The molecule has 8 aliphatic rings. The number of amides is 4. The second-order valence-corrected chi connectivity index (χ2v) is 15.2. The monoisotopic (exact) mass is 588 g/mol. The minimum atomic E-state index is -0.603. The van der Waals surface area contributed by atoms with E-state index in [2.05, 4.69) is 22.0 Å². The molecule has 230 valence electrons. The van der Waals surface area contributed by atoms with Gasteiger partial charge in [-0.05, 0) is 98.8 Å². The Kier molecular flexibility index (Phi) is 6.45. The molecular weight excluding hydrogens is 544 g/mol. The Balaban J connectivity index is 0.850. The van der Waals surface area contributed by atoms with E-state index < -0.39 is 6.04 Å². The molecule has 0 aromatic heterocycles. The third kappa shape index (κ3) is 4.59. The second kappa shape index (κ2) is 10.0. The van der Waals surface area contributed by atoms with Gasteiger partial charge in [-0.3, -0.25) is 29.4 Å². The minimum absolute atomic E-state index is 0.0200. The first-order chi connectivity index (χ1) is 20.7. The van der Waals surface area contributed by atoms with Gasteiger partial charge in [0, 0.05) is 50.7 Å². The Morgan fingerprint density at radius 1 is 0.953 bits per heavy atom. The zero-order valence-corrected chi connectivity index (χ0v) is 25.3. The summed E-state index contributed by atoms with van der Waals surface area (Å²) < 4.78 is 6.64. The molecule has 4 aliphatic carbocycles. The highest BCUT2D eigenvalue weighted by Crippen LogP contribution is 2.73. The number of likely N-dealkylation sites (tertiary alicyclic amines) is 2. The Morgan fingerprint density at radius 3 is 2.42 bits per heavy atom. The molecule has 9 heteroatoms. The molecule has 4 saturated carbocycles. The van der Waals surface area contributed by atoms with Crippen molar-refractivity contribution in [2.24, 2.45) is 22.7 Å². The number of benzene rings is 1. The lowest BCUT2D eigenvalue weighted by atomic mass is 9.35. The lowest BCUT2D eigenvalue weighted by Gasteiger charge is -2.69. The molecule has 4 aliphatic heterocycles. The molecule has 1 N–H and O–H groups in total. The van der Waals surface area contributed by atoms with Gasteiger partial charge in [0.05, 0.1) is 5.41 Å². The largest absolute Gasteiger partial charge is 0.489 e. The molecule has 9 rings (SSSR count). The van der Waals surface area contributed by atoms with Crippen molar-refractivity contribution in [1.29, 1.82) is 0 Å². The molecular formula is C34H44N4O5. The summed E-state index contributed by atoms with van der Waals surface area (Å²) in [4.78, 5) is 56.6. The first-order valence-electron chi connectivity index (χ1n) is 16.7. The van der Waals surface area contributed by atoms with Crippen LogP contribution < -0.4 is 10.1 Å². The van der Waals surface area contributed by atoms with E-state index in [0.29, 0.717) is 35.9 Å². The molecule has 3 saturated heterocycles. The van der Waals surface area contributed by atoms with Gasteiger partial charge in [0.15, 0.2) is 0 Å². The van der Waals surface area contributed by atoms with E-state index in [9.17, 15) is 19.2 Å². The summed E-state index contributed by atoms with van der Waals surface area (Å²) in [5.41, 5.74) is 2.00. The minimum Gasteiger partial charge on any atom is -0.489 e. The maximum Gasteiger partial charge on any atom is 0.255 e. The number of hydrogen-bond acceptors (Lipinski definition) is 6. The topological polar surface area (TPSA) is 99.3 Å². The highest BCUT2D eigenvalue weighted by molar-refractivity contribution is 6.05. The standard InChI is InChI=1S/C34H44N4O5/c1-33-18-34(19-33,20-33)32(42)36-12-10-21(11-13-36)23-15-37(16-23)26-4-2-3-5-28(26)43-24-6-7-25-22(14-24)17-38(31(25)41)27-8-9-29(39)35-30(27)40/h6-7,14,21,23,26-28H,2-5,8-13,15-20H2,1H3,(H,35,39,40)/t26-,27?,28-,33?,34?/m1/s1. The van der Waals surface area contributed by atoms with Gasteiger partial charge in [-0.15, -0.1) is 0 Å². The predicted molar refractivity (Wildman–Crippen MR) is 158 cm³/mol. The third-order valence-electron chi connectivity index (χ3n) is 12.1. The fourth-order valence-corrected chi connectivity index (χ4v) is 9.98. The van der Waals surface area contributed by atoms with Crippen molar-refractivity contribution in [2.45, 2.75) is 102 Å². The molecule has 2 bridgehead atoms. The SMILES string of the molecule is CC12CC(C(=O)N3CCC(C4CN([C@@H]5CCCC[C@H]5Oc5ccc6c(c5)CN(C5CCC(=O)NC5=O)C6=O)C4)CC3)(C1)C2. The van der Waals surface area contributed by atoms with Gasteiger partial charge in [-0.2, -0.15) is 0 Å². The number of rotatable bonds is 6. The number of nitrogens with zero attached hydrogens (tertiary/aromatic N) is 3. The van der Waals surface area contributed by atoms with E-state index in [1.165, 1.54) is 6.42 Å². The summed E-state index contributed by atoms with van der Waals surface area (Å²) >= 11 is 0. The molecule has 1 unspecified atom stereocenters. The Labute approximate surface area is 253 Å². The van der Waals surface area contributed by atoms with Crippen molar-refractivity contribution in [3.63, 3.8) is 0 Å². The van der Waals surface area contributed by atoms with Crippen molar-refractivity contribution >= 4 is 23.6 Å². The first-order valence-corrected chi connectivity index (χ1v) is 16.7. The summed E-state index contributed by atoms with van der Waals surface area (Å²) in [7, 11) is 0. The number of carbonyl (C=O) groups is 4. The van der Waals surface area contributed by atoms with Crippen LogP contribution in [0.25, 0.3) is 0 Å². The molecule has 0 spiro atoms. The fraction of sp³-hybridized carbons (Fsp3) is 0.706. The van der Waals surface area contributed by atoms with Crippen LogP contribution in [0, 0.1) is 22.7 Å². The number of carbonyl (C=O) groups excluding carboxylic acids is 4. The highest BCUT2D eigenvalue weighted by atomic mass is 16.5. The molecule has 9 nitrogen and oxygen atoms in total. The summed E-state index contributed by atoms with van der Waals surface area (Å²) in [6, 6.07) is 5.52. The average molecular weight is 589 g/mol. The van der Waals surface area contributed by atoms with E-state index in [4.69, 9.17) is 4.74 Å². The zero-order valence-electron chi connectivity index (χ0n) is 25.3. The van der Waals surface area contributed by atoms with E-state index >= 15 is 0 Å². The van der Waals surface area contributed by atoms with Gasteiger partial charge in [0.1, 0.15) is 17.9 Å². The van der Waals surface area contributed by atoms with Gasteiger partial charge in [-0.25, -0.2) is 0 Å². The van der Waals surface area contributed by atoms with Crippen LogP contribution in [0.3, 0.4) is 0 Å². The number of piperidine rings is 2. The van der Waals surface area contributed by atoms with Crippen LogP contribution in [-0.4, -0.2) is 82.7 Å². The number of imide groups is 1. The molecule has 0 radical (unpaired) electrons. The van der Waals surface area contributed by atoms with E-state index in [1.807, 2.05) is 18.2 Å². The lowest BCUT2D eigenvalue weighted by Crippen LogP contribution is -2.67. The molecule has 3 atom stereocenters. The van der Waals surface area contributed by atoms with E-state index in [-0.39, 0.29) is 35.7 Å². The van der Waals surface area contributed by atoms with Crippen LogP contribution in [0.4, 0.5) is 0 Å². The van der Waals surface area contributed by atoms with Crippen LogP contribution in [-0.2, 0) is 20.9 Å². The average Bonchev–Trinajstić information content (AvgIpc) is 3.26. The highest BCUT2D eigenvalue weighted by Gasteiger charge is 2.69. The molecule has 1 aromatic carbocycles. The lowest BCUT2D eigenvalue weighted by molar-refractivity contribution is -0.210. The number of nitrogens with one attached hydrogen (secondary N) is 1. The maximum absolute atomic E-state index is 13.1. The van der Waals surface area contributed by atoms with Gasteiger partial charge in [-0.1, -0.05) is 13.3 Å². The summed E-state index contributed by atoms with van der Waals surface area (Å²) in [6.45, 7) is 6.83. The third-order valence-corrected chi connectivity index (χ3v) is 12.1. The summed E-state index contributed by atoms with van der Waals surface area (Å²) in [5, 5.41) is 2.37. The Bertz CT molecular complexity index is 1340. The summed E-state index contributed by atoms with van der Waals surface area (Å²) in [5.74, 6) is 1.87. The van der Waals surface area contributed by atoms with Crippen molar-refractivity contribution in [1.82, 2.24) is 20.0 Å². The molecule has 1 aromatic rings. The van der Waals surface area contributed by atoms with Crippen molar-refractivity contribution in [2.75, 3.05) is 26.2 Å². The quantitative estimate of drug-likeness (QED) is 0.511. The Hall–Kier alpha value is -2.94. The van der Waals surface area contributed by atoms with Crippen LogP contribution >= 0.6 is 0 Å². The van der Waals surface area contributed by atoms with Crippen LogP contribution in [0.5, 0.6) is 5.75 Å². The van der Waals surface area contributed by atoms with Crippen LogP contribution in [0.15, 0.2) is 18.2 Å². The molecule has 43 heavy (non-hydrogen) atoms. The van der Waals surface area contributed by atoms with Crippen molar-refractivity contribution in [3.8, 4) is 5.75 Å². The van der Waals surface area contributed by atoms with Gasteiger partial charge < -0.3 is 14.5 Å². The van der Waals surface area contributed by atoms with E-state index in [1.54, 1.807) is 4.90 Å². The summed E-state index contributed by atoms with van der Waals surface area (Å²) in [6.07, 6.45) is 11.0. The molecule has 4 amide bonds. The van der Waals surface area contributed by atoms with Gasteiger partial charge in [0.25, 0.3) is 5.91 Å². The molecule has 4 heterocycles. The maximum atomic E-state index is 13.1. The second-order valence-electron chi connectivity index (χ2n) is 15.2. The fourth-order valence-electron chi connectivity index (χ4n) is 9.98. The van der Waals surface area contributed by atoms with Gasteiger partial charge >= 0.3 is 0 Å². The predicted octanol–water partition coefficient (Wildman–Crippen LogP) is 3.50.